The van der Waals surface area contributed by atoms with E-state index in [0.717, 1.165) is 13.1 Å². The average Bonchev–Trinajstić information content (AvgIpc) is 2.44. The molecule has 0 atom stereocenters. The lowest BCUT2D eigenvalue weighted by molar-refractivity contribution is 0.133. The summed E-state index contributed by atoms with van der Waals surface area (Å²) in [7, 11) is 3.49. The molecule has 0 bridgehead atoms. The van der Waals surface area contributed by atoms with E-state index in [1.54, 1.807) is 10.8 Å². The van der Waals surface area contributed by atoms with Crippen LogP contribution in [0, 0.1) is 0 Å². The monoisotopic (exact) mass is 235 g/mol. The van der Waals surface area contributed by atoms with Crippen molar-refractivity contribution in [3.8, 4) is 0 Å². The highest BCUT2D eigenvalue weighted by molar-refractivity contribution is 8.13. The van der Waals surface area contributed by atoms with E-state index < -0.39 is 9.05 Å². The molecule has 78 valence electrons. The van der Waals surface area contributed by atoms with E-state index in [2.05, 4.69) is 9.88 Å². The third kappa shape index (κ3) is 1.65. The Morgan fingerprint density at radius 2 is 2.21 bits per heavy atom. The van der Waals surface area contributed by atoms with Crippen molar-refractivity contribution in [2.75, 3.05) is 20.1 Å². The first-order valence-corrected chi connectivity index (χ1v) is 6.45. The quantitative estimate of drug-likeness (QED) is 0.692. The van der Waals surface area contributed by atoms with Gasteiger partial charge in [0.05, 0.1) is 6.04 Å². The Labute approximate surface area is 86.7 Å². The first-order chi connectivity index (χ1) is 6.48. The minimum absolute atomic E-state index is 0.0581. The van der Waals surface area contributed by atoms with Crippen molar-refractivity contribution < 1.29 is 8.42 Å². The highest BCUT2D eigenvalue weighted by atomic mass is 35.7. The number of hydrogen-bond donors (Lipinski definition) is 0. The fraction of sp³-hybridized carbons (Fsp3) is 0.571. The second kappa shape index (κ2) is 3.22. The van der Waals surface area contributed by atoms with Crippen LogP contribution in [-0.2, 0) is 9.05 Å². The summed E-state index contributed by atoms with van der Waals surface area (Å²) in [6.07, 6.45) is 3.10. The molecule has 0 aromatic carbocycles. The molecule has 0 N–H and O–H groups in total. The van der Waals surface area contributed by atoms with E-state index in [9.17, 15) is 8.42 Å². The molecule has 2 heterocycles. The molecule has 0 aliphatic carbocycles. The summed E-state index contributed by atoms with van der Waals surface area (Å²) in [5, 5.41) is -0.0581. The van der Waals surface area contributed by atoms with Crippen LogP contribution >= 0.6 is 10.7 Å². The Kier molecular flexibility index (Phi) is 2.29. The van der Waals surface area contributed by atoms with E-state index in [-0.39, 0.29) is 11.2 Å². The van der Waals surface area contributed by atoms with Crippen molar-refractivity contribution in [2.45, 2.75) is 11.2 Å². The molecule has 0 spiro atoms. The predicted molar refractivity (Wildman–Crippen MR) is 51.8 cm³/mol. The van der Waals surface area contributed by atoms with Gasteiger partial charge in [0.15, 0.2) is 0 Å². The lowest BCUT2D eigenvalue weighted by atomic mass is 10.1. The maximum Gasteiger partial charge on any atom is 0.295 e. The molecule has 14 heavy (non-hydrogen) atoms. The summed E-state index contributed by atoms with van der Waals surface area (Å²) >= 11 is 0. The first kappa shape index (κ1) is 9.95. The maximum absolute atomic E-state index is 11.1. The van der Waals surface area contributed by atoms with Gasteiger partial charge in [0.25, 0.3) is 9.05 Å². The molecule has 1 saturated heterocycles. The third-order valence-corrected chi connectivity index (χ3v) is 3.46. The maximum atomic E-state index is 11.1. The van der Waals surface area contributed by atoms with Crippen LogP contribution in [0.4, 0.5) is 0 Å². The largest absolute Gasteiger partial charge is 0.315 e. The normalized spacial score (nSPS) is 19.6. The van der Waals surface area contributed by atoms with Crippen LogP contribution in [0.3, 0.4) is 0 Å². The molecule has 7 heteroatoms. The van der Waals surface area contributed by atoms with Gasteiger partial charge in [-0.2, -0.15) is 0 Å². The van der Waals surface area contributed by atoms with Crippen molar-refractivity contribution in [1.82, 2.24) is 14.5 Å². The van der Waals surface area contributed by atoms with Gasteiger partial charge in [-0.15, -0.1) is 0 Å². The van der Waals surface area contributed by atoms with Crippen LogP contribution in [0.15, 0.2) is 17.6 Å². The lowest BCUT2D eigenvalue weighted by Crippen LogP contribution is -2.45. The average molecular weight is 236 g/mol. The number of hydrogen-bond acceptors (Lipinski definition) is 4. The van der Waals surface area contributed by atoms with Gasteiger partial charge in [0.2, 0.25) is 5.16 Å². The number of imidazole rings is 1. The lowest BCUT2D eigenvalue weighted by Gasteiger charge is -2.37. The van der Waals surface area contributed by atoms with E-state index in [0.29, 0.717) is 0 Å². The number of likely N-dealkylation sites (tertiary alicyclic amines) is 1. The van der Waals surface area contributed by atoms with Gasteiger partial charge in [-0.25, -0.2) is 13.4 Å². The van der Waals surface area contributed by atoms with Crippen LogP contribution < -0.4 is 0 Å². The van der Waals surface area contributed by atoms with Gasteiger partial charge in [-0.05, 0) is 7.05 Å². The summed E-state index contributed by atoms with van der Waals surface area (Å²) in [5.74, 6) is 0. The molecule has 0 amide bonds. The Morgan fingerprint density at radius 1 is 1.57 bits per heavy atom. The van der Waals surface area contributed by atoms with Gasteiger partial charge < -0.3 is 9.47 Å². The van der Waals surface area contributed by atoms with Crippen molar-refractivity contribution in [1.29, 1.82) is 0 Å². The number of rotatable bonds is 2. The number of halogens is 1. The summed E-state index contributed by atoms with van der Waals surface area (Å²) in [4.78, 5) is 5.83. The molecule has 0 radical (unpaired) electrons. The summed E-state index contributed by atoms with van der Waals surface area (Å²) in [6, 6.07) is 0.172. The van der Waals surface area contributed by atoms with Crippen LogP contribution in [0.2, 0.25) is 0 Å². The fourth-order valence-corrected chi connectivity index (χ4v) is 2.62. The molecule has 2 rings (SSSR count). The summed E-state index contributed by atoms with van der Waals surface area (Å²) < 4.78 is 23.8. The standard InChI is InChI=1S/C7H10ClN3O2S/c1-10-4-6(5-10)11-3-2-9-7(11)14(8,12)13/h2-3,6H,4-5H2,1H3. The molecule has 1 aromatic rings. The summed E-state index contributed by atoms with van der Waals surface area (Å²) in [6.45, 7) is 1.66. The van der Waals surface area contributed by atoms with Gasteiger partial charge in [-0.1, -0.05) is 0 Å². The summed E-state index contributed by atoms with van der Waals surface area (Å²) in [5.41, 5.74) is 0. The highest BCUT2D eigenvalue weighted by Gasteiger charge is 2.29. The van der Waals surface area contributed by atoms with Crippen molar-refractivity contribution in [2.24, 2.45) is 0 Å². The highest BCUT2D eigenvalue weighted by Crippen LogP contribution is 2.24. The second-order valence-electron chi connectivity index (χ2n) is 3.43. The first-order valence-electron chi connectivity index (χ1n) is 4.14. The van der Waals surface area contributed by atoms with E-state index in [1.165, 1.54) is 6.20 Å². The SMILES string of the molecule is CN1CC(n2ccnc2S(=O)(=O)Cl)C1. The Balaban J connectivity index is 2.32. The van der Waals surface area contributed by atoms with Crippen molar-refractivity contribution in [3.05, 3.63) is 12.4 Å². The van der Waals surface area contributed by atoms with E-state index in [1.807, 2.05) is 7.05 Å². The minimum Gasteiger partial charge on any atom is -0.315 e. The van der Waals surface area contributed by atoms with Crippen LogP contribution in [0.1, 0.15) is 6.04 Å². The fourth-order valence-electron chi connectivity index (χ4n) is 1.61. The molecule has 5 nitrogen and oxygen atoms in total. The smallest absolute Gasteiger partial charge is 0.295 e. The molecule has 0 unspecified atom stereocenters. The van der Waals surface area contributed by atoms with E-state index in [4.69, 9.17) is 10.7 Å². The predicted octanol–water partition coefficient (Wildman–Crippen LogP) is 0.297. The minimum atomic E-state index is -3.72. The number of likely N-dealkylation sites (N-methyl/N-ethyl adjacent to an activating group) is 1. The topological polar surface area (TPSA) is 55.2 Å². The number of nitrogens with zero attached hydrogens (tertiary/aromatic N) is 3. The molecule has 1 aromatic heterocycles. The molecule has 1 fully saturated rings. The van der Waals surface area contributed by atoms with Crippen molar-refractivity contribution >= 4 is 19.7 Å². The third-order valence-electron chi connectivity index (χ3n) is 2.29. The number of aromatic nitrogens is 2. The van der Waals surface area contributed by atoms with Crippen LogP contribution in [0.5, 0.6) is 0 Å². The van der Waals surface area contributed by atoms with Gasteiger partial charge in [0.1, 0.15) is 0 Å². The van der Waals surface area contributed by atoms with Gasteiger partial charge in [0, 0.05) is 36.2 Å². The molecular weight excluding hydrogens is 226 g/mol. The molecule has 1 aliphatic heterocycles. The van der Waals surface area contributed by atoms with E-state index >= 15 is 0 Å². The molecule has 0 saturated carbocycles. The molecular formula is C7H10ClN3O2S. The zero-order valence-corrected chi connectivity index (χ0v) is 9.16. The van der Waals surface area contributed by atoms with Crippen LogP contribution in [0.25, 0.3) is 0 Å². The van der Waals surface area contributed by atoms with Gasteiger partial charge >= 0.3 is 0 Å². The van der Waals surface area contributed by atoms with Gasteiger partial charge in [-0.3, -0.25) is 0 Å². The Hall–Kier alpha value is -0.590. The van der Waals surface area contributed by atoms with Crippen LogP contribution in [-0.4, -0.2) is 43.0 Å². The molecule has 1 aliphatic rings. The Bertz CT molecular complexity index is 436. The zero-order valence-electron chi connectivity index (χ0n) is 7.59. The van der Waals surface area contributed by atoms with Crippen molar-refractivity contribution in [3.63, 3.8) is 0 Å². The second-order valence-corrected chi connectivity index (χ2v) is 5.89. The zero-order chi connectivity index (χ0) is 10.3. The Morgan fingerprint density at radius 3 is 2.71 bits per heavy atom.